The minimum absolute atomic E-state index is 0.105. The number of hydrogen-bond acceptors (Lipinski definition) is 5. The number of anilines is 1. The fourth-order valence-electron chi connectivity index (χ4n) is 4.46. The van der Waals surface area contributed by atoms with E-state index in [0.717, 1.165) is 71.0 Å². The zero-order chi connectivity index (χ0) is 22.9. The van der Waals surface area contributed by atoms with E-state index in [-0.39, 0.29) is 5.91 Å². The zero-order valence-electron chi connectivity index (χ0n) is 19.2. The van der Waals surface area contributed by atoms with Gasteiger partial charge in [-0.25, -0.2) is 9.67 Å². The minimum Gasteiger partial charge on any atom is -0.302 e. The van der Waals surface area contributed by atoms with E-state index in [9.17, 15) is 4.79 Å². The van der Waals surface area contributed by atoms with Gasteiger partial charge in [-0.05, 0) is 55.9 Å². The SMILES string of the molecule is CCc1ccc(-c2nn(-c3ccccc3CC)c3c2CCCc2nc(NC(C)=O)sc2-3)cn1. The summed E-state index contributed by atoms with van der Waals surface area (Å²) in [6.45, 7) is 5.80. The number of aryl methyl sites for hydroxylation is 3. The van der Waals surface area contributed by atoms with Crippen LogP contribution in [0.15, 0.2) is 42.6 Å². The first-order valence-corrected chi connectivity index (χ1v) is 12.3. The molecule has 0 atom stereocenters. The molecule has 5 rings (SSSR count). The van der Waals surface area contributed by atoms with Gasteiger partial charge in [0.15, 0.2) is 5.13 Å². The van der Waals surface area contributed by atoms with Gasteiger partial charge in [-0.2, -0.15) is 5.10 Å². The maximum Gasteiger partial charge on any atom is 0.223 e. The number of fused-ring (bicyclic) bond motifs is 3. The van der Waals surface area contributed by atoms with Crippen LogP contribution in [0.2, 0.25) is 0 Å². The van der Waals surface area contributed by atoms with Crippen LogP contribution in [0.25, 0.3) is 27.5 Å². The lowest BCUT2D eigenvalue weighted by Gasteiger charge is -2.11. The van der Waals surface area contributed by atoms with Gasteiger partial charge < -0.3 is 5.32 Å². The van der Waals surface area contributed by atoms with Crippen LogP contribution >= 0.6 is 11.3 Å². The molecule has 1 aliphatic rings. The number of amides is 1. The molecule has 1 amide bonds. The molecule has 7 heteroatoms. The maximum atomic E-state index is 11.7. The highest BCUT2D eigenvalue weighted by molar-refractivity contribution is 7.19. The summed E-state index contributed by atoms with van der Waals surface area (Å²) in [6, 6.07) is 12.7. The van der Waals surface area contributed by atoms with E-state index in [0.29, 0.717) is 5.13 Å². The second-order valence-electron chi connectivity index (χ2n) is 8.29. The number of benzene rings is 1. The topological polar surface area (TPSA) is 72.7 Å². The van der Waals surface area contributed by atoms with Crippen LogP contribution in [0.1, 0.15) is 49.7 Å². The van der Waals surface area contributed by atoms with Crippen molar-refractivity contribution in [3.63, 3.8) is 0 Å². The van der Waals surface area contributed by atoms with Gasteiger partial charge in [-0.3, -0.25) is 9.78 Å². The molecule has 0 bridgehead atoms. The molecular formula is C26H27N5OS. The van der Waals surface area contributed by atoms with Gasteiger partial charge in [0, 0.05) is 29.9 Å². The Morgan fingerprint density at radius 1 is 1.12 bits per heavy atom. The van der Waals surface area contributed by atoms with Crippen molar-refractivity contribution >= 4 is 22.4 Å². The smallest absolute Gasteiger partial charge is 0.223 e. The number of nitrogens with zero attached hydrogens (tertiary/aromatic N) is 4. The average Bonchev–Trinajstić information content (AvgIpc) is 3.34. The molecule has 33 heavy (non-hydrogen) atoms. The summed E-state index contributed by atoms with van der Waals surface area (Å²) < 4.78 is 2.09. The first kappa shape index (κ1) is 21.5. The zero-order valence-corrected chi connectivity index (χ0v) is 20.0. The molecule has 0 spiro atoms. The lowest BCUT2D eigenvalue weighted by molar-refractivity contribution is -0.114. The Kier molecular flexibility index (Phi) is 5.81. The predicted octanol–water partition coefficient (Wildman–Crippen LogP) is 5.63. The van der Waals surface area contributed by atoms with Crippen molar-refractivity contribution < 1.29 is 4.79 Å². The van der Waals surface area contributed by atoms with Crippen LogP contribution in [0, 0.1) is 0 Å². The van der Waals surface area contributed by atoms with Crippen molar-refractivity contribution in [3.8, 4) is 27.5 Å². The number of pyridine rings is 1. The summed E-state index contributed by atoms with van der Waals surface area (Å²) in [5, 5.41) is 8.70. The lowest BCUT2D eigenvalue weighted by Crippen LogP contribution is -2.05. The number of hydrogen-bond donors (Lipinski definition) is 1. The summed E-state index contributed by atoms with van der Waals surface area (Å²) in [4.78, 5) is 22.2. The molecule has 168 valence electrons. The average molecular weight is 458 g/mol. The normalized spacial score (nSPS) is 12.7. The molecule has 0 saturated heterocycles. The molecule has 1 aromatic carbocycles. The van der Waals surface area contributed by atoms with Crippen molar-refractivity contribution in [2.24, 2.45) is 0 Å². The van der Waals surface area contributed by atoms with E-state index in [2.05, 4.69) is 65.2 Å². The van der Waals surface area contributed by atoms with Crippen LogP contribution in [-0.2, 0) is 30.5 Å². The number of aromatic nitrogens is 4. The second kappa shape index (κ2) is 8.90. The highest BCUT2D eigenvalue weighted by Crippen LogP contribution is 2.43. The number of carbonyl (C=O) groups is 1. The molecule has 0 fully saturated rings. The molecule has 0 radical (unpaired) electrons. The number of nitrogens with one attached hydrogen (secondary N) is 1. The molecule has 3 heterocycles. The Morgan fingerprint density at radius 3 is 2.70 bits per heavy atom. The number of thiazole rings is 1. The Labute approximate surface area is 197 Å². The third kappa shape index (κ3) is 3.97. The van der Waals surface area contributed by atoms with E-state index < -0.39 is 0 Å². The van der Waals surface area contributed by atoms with E-state index in [1.165, 1.54) is 29.4 Å². The van der Waals surface area contributed by atoms with Crippen LogP contribution in [-0.4, -0.2) is 25.7 Å². The van der Waals surface area contributed by atoms with E-state index in [1.807, 2.05) is 6.20 Å². The standard InChI is InChI=1S/C26H27N5OS/c1-4-17-9-6-7-12-22(17)31-24-20(23(30-31)18-13-14-19(5-2)27-15-18)10-8-11-21-25(24)33-26(29-21)28-16(3)32/h6-7,9,12-15H,4-5,8,10-11H2,1-3H3,(H,28,29,32). The predicted molar refractivity (Wildman–Crippen MR) is 133 cm³/mol. The largest absolute Gasteiger partial charge is 0.302 e. The Morgan fingerprint density at radius 2 is 1.97 bits per heavy atom. The van der Waals surface area contributed by atoms with Gasteiger partial charge in [-0.1, -0.05) is 43.4 Å². The van der Waals surface area contributed by atoms with Crippen molar-refractivity contribution in [1.82, 2.24) is 19.7 Å². The Hall–Kier alpha value is -3.32. The summed E-state index contributed by atoms with van der Waals surface area (Å²) >= 11 is 1.54. The first-order chi connectivity index (χ1) is 16.1. The van der Waals surface area contributed by atoms with Crippen LogP contribution in [0.5, 0.6) is 0 Å². The molecule has 4 aromatic rings. The van der Waals surface area contributed by atoms with E-state index in [4.69, 9.17) is 10.1 Å². The monoisotopic (exact) mass is 457 g/mol. The number of carbonyl (C=O) groups excluding carboxylic acids is 1. The fraction of sp³-hybridized carbons (Fsp3) is 0.308. The quantitative estimate of drug-likeness (QED) is 0.422. The first-order valence-electron chi connectivity index (χ1n) is 11.5. The highest BCUT2D eigenvalue weighted by atomic mass is 32.1. The van der Waals surface area contributed by atoms with Gasteiger partial charge in [0.1, 0.15) is 0 Å². The third-order valence-electron chi connectivity index (χ3n) is 6.08. The summed E-state index contributed by atoms with van der Waals surface area (Å²) in [5.74, 6) is -0.105. The van der Waals surface area contributed by atoms with E-state index >= 15 is 0 Å². The minimum atomic E-state index is -0.105. The number of para-hydroxylation sites is 1. The maximum absolute atomic E-state index is 11.7. The van der Waals surface area contributed by atoms with Gasteiger partial charge >= 0.3 is 0 Å². The molecular weight excluding hydrogens is 430 g/mol. The van der Waals surface area contributed by atoms with Gasteiger partial charge in [-0.15, -0.1) is 0 Å². The molecule has 0 saturated carbocycles. The van der Waals surface area contributed by atoms with Gasteiger partial charge in [0.2, 0.25) is 5.91 Å². The highest BCUT2D eigenvalue weighted by Gasteiger charge is 2.29. The molecule has 1 aliphatic carbocycles. The molecule has 0 unspecified atom stereocenters. The van der Waals surface area contributed by atoms with E-state index in [1.54, 1.807) is 0 Å². The van der Waals surface area contributed by atoms with Crippen LogP contribution in [0.3, 0.4) is 0 Å². The molecule has 6 nitrogen and oxygen atoms in total. The fourth-order valence-corrected chi connectivity index (χ4v) is 5.58. The Bertz CT molecular complexity index is 1320. The second-order valence-corrected chi connectivity index (χ2v) is 9.29. The molecule has 3 aromatic heterocycles. The summed E-state index contributed by atoms with van der Waals surface area (Å²) in [6.07, 6.45) is 6.55. The van der Waals surface area contributed by atoms with Crippen molar-refractivity contribution in [2.45, 2.75) is 52.9 Å². The molecule has 0 aliphatic heterocycles. The van der Waals surface area contributed by atoms with Gasteiger partial charge in [0.05, 0.1) is 27.6 Å². The summed E-state index contributed by atoms with van der Waals surface area (Å²) in [5.41, 5.74) is 8.76. The van der Waals surface area contributed by atoms with Crippen LogP contribution < -0.4 is 5.32 Å². The third-order valence-corrected chi connectivity index (χ3v) is 7.10. The van der Waals surface area contributed by atoms with Crippen molar-refractivity contribution in [3.05, 3.63) is 65.1 Å². The van der Waals surface area contributed by atoms with Crippen LogP contribution in [0.4, 0.5) is 5.13 Å². The lowest BCUT2D eigenvalue weighted by atomic mass is 10.0. The van der Waals surface area contributed by atoms with Crippen molar-refractivity contribution in [2.75, 3.05) is 5.32 Å². The van der Waals surface area contributed by atoms with Crippen molar-refractivity contribution in [1.29, 1.82) is 0 Å². The number of rotatable bonds is 5. The van der Waals surface area contributed by atoms with Gasteiger partial charge in [0.25, 0.3) is 0 Å². The molecule has 1 N–H and O–H groups in total. The summed E-state index contributed by atoms with van der Waals surface area (Å²) in [7, 11) is 0. The Balaban J connectivity index is 1.77.